The number of carbonyl (C=O) groups excluding carboxylic acids is 2. The van der Waals surface area contributed by atoms with Gasteiger partial charge < -0.3 is 20.0 Å². The van der Waals surface area contributed by atoms with Crippen LogP contribution in [0.2, 0.25) is 0 Å². The van der Waals surface area contributed by atoms with Gasteiger partial charge in [-0.05, 0) is 81.7 Å². The van der Waals surface area contributed by atoms with Crippen LogP contribution in [-0.4, -0.2) is 84.4 Å². The van der Waals surface area contributed by atoms with Crippen LogP contribution in [0, 0.1) is 23.7 Å². The van der Waals surface area contributed by atoms with Crippen molar-refractivity contribution >= 4 is 11.8 Å². The minimum Gasteiger partial charge on any atom is -0.341 e. The largest absolute Gasteiger partial charge is 0.341 e. The lowest BCUT2D eigenvalue weighted by Crippen LogP contribution is -2.62. The SMILES string of the molecule is CC(C)CC(C(=O)N1CCC(CCN2CCC[C@H](C)C2)CC1)N1CCN[C@@H](CC(C)C)C1=O. The second kappa shape index (κ2) is 12.5. The van der Waals surface area contributed by atoms with Gasteiger partial charge in [0.15, 0.2) is 0 Å². The van der Waals surface area contributed by atoms with E-state index in [0.717, 1.165) is 57.2 Å². The summed E-state index contributed by atoms with van der Waals surface area (Å²) in [6.07, 6.45) is 7.78. The summed E-state index contributed by atoms with van der Waals surface area (Å²) < 4.78 is 0. The van der Waals surface area contributed by atoms with E-state index >= 15 is 0 Å². The van der Waals surface area contributed by atoms with Crippen molar-refractivity contribution in [3.8, 4) is 0 Å². The molecular weight excluding hydrogens is 412 g/mol. The number of piperazine rings is 1. The van der Waals surface area contributed by atoms with E-state index in [0.29, 0.717) is 18.4 Å². The zero-order valence-corrected chi connectivity index (χ0v) is 22.0. The van der Waals surface area contributed by atoms with Crippen molar-refractivity contribution in [1.29, 1.82) is 0 Å². The summed E-state index contributed by atoms with van der Waals surface area (Å²) in [5.74, 6) is 2.72. The first kappa shape index (κ1) is 26.5. The summed E-state index contributed by atoms with van der Waals surface area (Å²) in [7, 11) is 0. The quantitative estimate of drug-likeness (QED) is 0.569. The molecule has 3 aliphatic rings. The maximum absolute atomic E-state index is 13.7. The first-order valence-electron chi connectivity index (χ1n) is 13.8. The number of rotatable bonds is 9. The average molecular weight is 463 g/mol. The molecule has 3 rings (SSSR count). The molecule has 0 aromatic heterocycles. The predicted octanol–water partition coefficient (Wildman–Crippen LogP) is 3.61. The maximum atomic E-state index is 13.7. The molecule has 1 unspecified atom stereocenters. The zero-order valence-electron chi connectivity index (χ0n) is 22.0. The molecule has 3 aliphatic heterocycles. The fourth-order valence-electron chi connectivity index (χ4n) is 6.04. The van der Waals surface area contributed by atoms with E-state index in [1.54, 1.807) is 0 Å². The highest BCUT2D eigenvalue weighted by atomic mass is 16.2. The normalized spacial score (nSPS) is 26.9. The number of nitrogens with one attached hydrogen (secondary N) is 1. The third-order valence-corrected chi connectivity index (χ3v) is 7.91. The molecule has 0 bridgehead atoms. The summed E-state index contributed by atoms with van der Waals surface area (Å²) in [5, 5.41) is 3.39. The number of likely N-dealkylation sites (tertiary alicyclic amines) is 2. The summed E-state index contributed by atoms with van der Waals surface area (Å²) in [5.41, 5.74) is 0. The molecule has 3 fully saturated rings. The maximum Gasteiger partial charge on any atom is 0.245 e. The van der Waals surface area contributed by atoms with Crippen molar-refractivity contribution in [1.82, 2.24) is 20.0 Å². The van der Waals surface area contributed by atoms with Crippen LogP contribution in [0.1, 0.15) is 79.6 Å². The van der Waals surface area contributed by atoms with Gasteiger partial charge >= 0.3 is 0 Å². The number of amides is 2. The molecule has 0 aromatic rings. The standard InChI is InChI=1S/C27H50N4O2/c1-20(2)17-24-26(32)31(16-11-28-24)25(18-21(3)4)27(33)30-14-9-23(10-15-30)8-13-29-12-6-7-22(5)19-29/h20-25,28H,6-19H2,1-5H3/t22-,24-,25?/m0/s1. The van der Waals surface area contributed by atoms with Crippen molar-refractivity contribution < 1.29 is 9.59 Å². The molecule has 0 radical (unpaired) electrons. The van der Waals surface area contributed by atoms with E-state index < -0.39 is 0 Å². The Bertz CT molecular complexity index is 630. The molecule has 3 atom stereocenters. The van der Waals surface area contributed by atoms with Crippen molar-refractivity contribution in [3.63, 3.8) is 0 Å². The van der Waals surface area contributed by atoms with Gasteiger partial charge in [0.25, 0.3) is 0 Å². The molecule has 0 spiro atoms. The van der Waals surface area contributed by atoms with Gasteiger partial charge in [-0.3, -0.25) is 9.59 Å². The van der Waals surface area contributed by atoms with E-state index in [1.807, 2.05) is 4.90 Å². The van der Waals surface area contributed by atoms with Crippen LogP contribution in [0.3, 0.4) is 0 Å². The second-order valence-corrected chi connectivity index (χ2v) is 11.9. The van der Waals surface area contributed by atoms with Gasteiger partial charge in [-0.2, -0.15) is 0 Å². The van der Waals surface area contributed by atoms with Crippen LogP contribution < -0.4 is 5.32 Å². The molecule has 2 amide bonds. The summed E-state index contributed by atoms with van der Waals surface area (Å²) in [6, 6.07) is -0.454. The Balaban J connectivity index is 1.54. The van der Waals surface area contributed by atoms with Crippen molar-refractivity contribution in [2.24, 2.45) is 23.7 Å². The minimum absolute atomic E-state index is 0.125. The highest BCUT2D eigenvalue weighted by molar-refractivity contribution is 5.90. The summed E-state index contributed by atoms with van der Waals surface area (Å²) >= 11 is 0. The second-order valence-electron chi connectivity index (χ2n) is 11.9. The Hall–Kier alpha value is -1.14. The molecule has 6 heteroatoms. The summed E-state index contributed by atoms with van der Waals surface area (Å²) in [4.78, 5) is 33.6. The van der Waals surface area contributed by atoms with Gasteiger partial charge in [0.05, 0.1) is 6.04 Å². The van der Waals surface area contributed by atoms with Gasteiger partial charge in [0.1, 0.15) is 6.04 Å². The summed E-state index contributed by atoms with van der Waals surface area (Å²) in [6.45, 7) is 17.8. The average Bonchev–Trinajstić information content (AvgIpc) is 2.77. The minimum atomic E-state index is -0.305. The van der Waals surface area contributed by atoms with Crippen LogP contribution in [0.5, 0.6) is 0 Å². The molecule has 0 aliphatic carbocycles. The van der Waals surface area contributed by atoms with Crippen LogP contribution in [-0.2, 0) is 9.59 Å². The van der Waals surface area contributed by atoms with Crippen LogP contribution in [0.15, 0.2) is 0 Å². The van der Waals surface area contributed by atoms with E-state index in [2.05, 4.69) is 49.7 Å². The molecule has 0 saturated carbocycles. The molecule has 6 nitrogen and oxygen atoms in total. The number of nitrogens with zero attached hydrogens (tertiary/aromatic N) is 3. The van der Waals surface area contributed by atoms with Crippen molar-refractivity contribution in [2.45, 2.75) is 91.6 Å². The third-order valence-electron chi connectivity index (χ3n) is 7.91. The molecule has 3 saturated heterocycles. The molecule has 33 heavy (non-hydrogen) atoms. The molecule has 0 aromatic carbocycles. The van der Waals surface area contributed by atoms with Crippen LogP contribution in [0.4, 0.5) is 0 Å². The van der Waals surface area contributed by atoms with E-state index in [1.165, 1.54) is 38.9 Å². The Labute approximate surface area is 202 Å². The predicted molar refractivity (Wildman–Crippen MR) is 135 cm³/mol. The van der Waals surface area contributed by atoms with Crippen molar-refractivity contribution in [2.75, 3.05) is 45.8 Å². The van der Waals surface area contributed by atoms with E-state index in [9.17, 15) is 9.59 Å². The Morgan fingerprint density at radius 1 is 1.03 bits per heavy atom. The monoisotopic (exact) mass is 462 g/mol. The fourth-order valence-corrected chi connectivity index (χ4v) is 6.04. The van der Waals surface area contributed by atoms with Gasteiger partial charge in [-0.1, -0.05) is 34.6 Å². The van der Waals surface area contributed by atoms with Gasteiger partial charge in [0, 0.05) is 32.7 Å². The fraction of sp³-hybridized carbons (Fsp3) is 0.926. The molecule has 3 heterocycles. The number of piperidine rings is 2. The Morgan fingerprint density at radius 3 is 2.39 bits per heavy atom. The number of hydrogen-bond acceptors (Lipinski definition) is 4. The van der Waals surface area contributed by atoms with Gasteiger partial charge in [-0.15, -0.1) is 0 Å². The molecule has 1 N–H and O–H groups in total. The smallest absolute Gasteiger partial charge is 0.245 e. The highest BCUT2D eigenvalue weighted by Crippen LogP contribution is 2.26. The first-order valence-corrected chi connectivity index (χ1v) is 13.8. The van der Waals surface area contributed by atoms with Crippen LogP contribution >= 0.6 is 0 Å². The topological polar surface area (TPSA) is 55.9 Å². The lowest BCUT2D eigenvalue weighted by Gasteiger charge is -2.42. The van der Waals surface area contributed by atoms with Gasteiger partial charge in [-0.25, -0.2) is 0 Å². The van der Waals surface area contributed by atoms with Crippen molar-refractivity contribution in [3.05, 3.63) is 0 Å². The van der Waals surface area contributed by atoms with E-state index in [-0.39, 0.29) is 23.9 Å². The van der Waals surface area contributed by atoms with Crippen LogP contribution in [0.25, 0.3) is 0 Å². The number of carbonyl (C=O) groups is 2. The lowest BCUT2D eigenvalue weighted by atomic mass is 9.91. The third kappa shape index (κ3) is 7.68. The highest BCUT2D eigenvalue weighted by Gasteiger charge is 2.39. The lowest BCUT2D eigenvalue weighted by molar-refractivity contribution is -0.150. The molecule has 190 valence electrons. The molecular formula is C27H50N4O2. The van der Waals surface area contributed by atoms with E-state index in [4.69, 9.17) is 0 Å². The first-order chi connectivity index (χ1) is 15.7. The number of hydrogen-bond donors (Lipinski definition) is 1. The van der Waals surface area contributed by atoms with Gasteiger partial charge in [0.2, 0.25) is 11.8 Å². The zero-order chi connectivity index (χ0) is 24.0. The Kier molecular flexibility index (Phi) is 10.0. The Morgan fingerprint density at radius 2 is 1.76 bits per heavy atom.